The highest BCUT2D eigenvalue weighted by Crippen LogP contribution is 2.17. The predicted molar refractivity (Wildman–Crippen MR) is 125 cm³/mol. The lowest BCUT2D eigenvalue weighted by Crippen LogP contribution is -2.38. The fourth-order valence-electron chi connectivity index (χ4n) is 3.30. The normalized spacial score (nSPS) is 11.4. The maximum absolute atomic E-state index is 11.6. The lowest BCUT2D eigenvalue weighted by molar-refractivity contribution is -0.122. The molecule has 1 aromatic heterocycles. The second-order valence-corrected chi connectivity index (χ2v) is 7.12. The van der Waals surface area contributed by atoms with E-state index < -0.39 is 0 Å². The van der Waals surface area contributed by atoms with Gasteiger partial charge in [0, 0.05) is 36.7 Å². The zero-order valence-corrected chi connectivity index (χ0v) is 18.2. The first-order chi connectivity index (χ1) is 15.2. The molecule has 4 N–H and O–H groups in total. The summed E-state index contributed by atoms with van der Waals surface area (Å²) in [6.45, 7) is 6.62. The summed E-state index contributed by atoms with van der Waals surface area (Å²) in [6.07, 6.45) is 2.97. The zero-order valence-electron chi connectivity index (χ0n) is 18.2. The van der Waals surface area contributed by atoms with Gasteiger partial charge in [0.15, 0.2) is 12.6 Å². The summed E-state index contributed by atoms with van der Waals surface area (Å²) < 4.78 is 5.56. The van der Waals surface area contributed by atoms with E-state index in [2.05, 4.69) is 50.3 Å². The number of hydrogen-bond acceptors (Lipinski definition) is 3. The Balaban J connectivity index is 1.54. The highest BCUT2D eigenvalue weighted by Gasteiger charge is 2.05. The lowest BCUT2D eigenvalue weighted by atomic mass is 10.1. The van der Waals surface area contributed by atoms with Crippen LogP contribution < -0.4 is 20.7 Å². The van der Waals surface area contributed by atoms with Crippen molar-refractivity contribution in [3.8, 4) is 5.75 Å². The Morgan fingerprint density at radius 2 is 1.87 bits per heavy atom. The van der Waals surface area contributed by atoms with Gasteiger partial charge in [-0.2, -0.15) is 0 Å². The third-order valence-electron chi connectivity index (χ3n) is 4.77. The molecule has 2 aromatic carbocycles. The van der Waals surface area contributed by atoms with Gasteiger partial charge in [-0.1, -0.05) is 30.3 Å². The molecule has 1 heterocycles. The molecule has 0 saturated heterocycles. The van der Waals surface area contributed by atoms with Crippen LogP contribution in [0.3, 0.4) is 0 Å². The molecule has 0 aliphatic heterocycles. The quantitative estimate of drug-likeness (QED) is 0.299. The summed E-state index contributed by atoms with van der Waals surface area (Å²) in [4.78, 5) is 19.6. The largest absolute Gasteiger partial charge is 0.484 e. The molecule has 7 heteroatoms. The van der Waals surface area contributed by atoms with Crippen LogP contribution in [-0.4, -0.2) is 43.1 Å². The van der Waals surface area contributed by atoms with Gasteiger partial charge in [0.05, 0.1) is 6.54 Å². The van der Waals surface area contributed by atoms with Crippen molar-refractivity contribution in [1.29, 1.82) is 0 Å². The van der Waals surface area contributed by atoms with E-state index in [4.69, 9.17) is 4.74 Å². The van der Waals surface area contributed by atoms with Crippen molar-refractivity contribution >= 4 is 22.8 Å². The van der Waals surface area contributed by atoms with E-state index in [0.29, 0.717) is 18.8 Å². The first-order valence-corrected chi connectivity index (χ1v) is 10.7. The van der Waals surface area contributed by atoms with Crippen molar-refractivity contribution in [1.82, 2.24) is 20.9 Å². The van der Waals surface area contributed by atoms with Crippen LogP contribution in [0.25, 0.3) is 10.9 Å². The van der Waals surface area contributed by atoms with E-state index in [1.165, 1.54) is 10.9 Å². The van der Waals surface area contributed by atoms with Crippen molar-refractivity contribution in [3.63, 3.8) is 0 Å². The van der Waals surface area contributed by atoms with Crippen molar-refractivity contribution in [2.24, 2.45) is 4.99 Å². The molecule has 0 fully saturated rings. The minimum atomic E-state index is -0.125. The van der Waals surface area contributed by atoms with Gasteiger partial charge >= 0.3 is 0 Å². The Labute approximate surface area is 183 Å². The van der Waals surface area contributed by atoms with Gasteiger partial charge in [0.1, 0.15) is 5.75 Å². The maximum atomic E-state index is 11.6. The van der Waals surface area contributed by atoms with Crippen molar-refractivity contribution < 1.29 is 9.53 Å². The summed E-state index contributed by atoms with van der Waals surface area (Å²) in [6, 6.07) is 16.0. The number of nitrogens with one attached hydrogen (secondary N) is 4. The topological polar surface area (TPSA) is 90.5 Å². The Bertz CT molecular complexity index is 1010. The fourth-order valence-corrected chi connectivity index (χ4v) is 3.30. The van der Waals surface area contributed by atoms with Crippen LogP contribution in [0.15, 0.2) is 59.7 Å². The number of rotatable bonds is 10. The molecule has 164 valence electrons. The van der Waals surface area contributed by atoms with Gasteiger partial charge in [-0.15, -0.1) is 0 Å². The number of amides is 1. The number of likely N-dealkylation sites (N-methyl/N-ethyl adjacent to an activating group) is 1. The first-order valence-electron chi connectivity index (χ1n) is 10.7. The number of aliphatic imine (C=N–C) groups is 1. The number of benzene rings is 2. The molecular weight excluding hydrogens is 390 g/mol. The number of guanidine groups is 1. The van der Waals surface area contributed by atoms with Crippen molar-refractivity contribution in [2.45, 2.75) is 26.8 Å². The van der Waals surface area contributed by atoms with Crippen LogP contribution in [0.2, 0.25) is 0 Å². The highest BCUT2D eigenvalue weighted by atomic mass is 16.5. The second-order valence-electron chi connectivity index (χ2n) is 7.12. The summed E-state index contributed by atoms with van der Waals surface area (Å²) in [7, 11) is 0. The zero-order chi connectivity index (χ0) is 21.9. The average molecular weight is 422 g/mol. The van der Waals surface area contributed by atoms with Gasteiger partial charge in [-0.25, -0.2) is 4.99 Å². The van der Waals surface area contributed by atoms with E-state index in [-0.39, 0.29) is 12.5 Å². The van der Waals surface area contributed by atoms with Crippen LogP contribution >= 0.6 is 0 Å². The van der Waals surface area contributed by atoms with E-state index in [9.17, 15) is 4.79 Å². The van der Waals surface area contributed by atoms with Crippen LogP contribution in [0.4, 0.5) is 0 Å². The summed E-state index contributed by atoms with van der Waals surface area (Å²) in [5, 5.41) is 10.7. The smallest absolute Gasteiger partial charge is 0.257 e. The highest BCUT2D eigenvalue weighted by molar-refractivity contribution is 5.83. The molecule has 0 radical (unpaired) electrons. The average Bonchev–Trinajstić information content (AvgIpc) is 3.20. The second kappa shape index (κ2) is 11.6. The Morgan fingerprint density at radius 3 is 2.71 bits per heavy atom. The molecule has 0 unspecified atom stereocenters. The van der Waals surface area contributed by atoms with E-state index >= 15 is 0 Å². The monoisotopic (exact) mass is 421 g/mol. The standard InChI is InChI=1S/C24H31N5O2/c1-3-25-23(30)17-31-20-9-7-8-18(14-20)15-29-24(26-4-2)27-13-12-19-16-28-22-11-6-5-10-21(19)22/h5-11,14,16,28H,3-4,12-13,15,17H2,1-2H3,(H,25,30)(H2,26,27,29). The van der Waals surface area contributed by atoms with Gasteiger partial charge in [-0.05, 0) is 49.6 Å². The van der Waals surface area contributed by atoms with E-state index in [1.54, 1.807) is 0 Å². The number of hydrogen-bond donors (Lipinski definition) is 4. The maximum Gasteiger partial charge on any atom is 0.257 e. The number of para-hydroxylation sites is 1. The molecule has 0 atom stereocenters. The number of nitrogens with zero attached hydrogens (tertiary/aromatic N) is 1. The summed E-state index contributed by atoms with van der Waals surface area (Å²) in [5.74, 6) is 1.31. The van der Waals surface area contributed by atoms with Gasteiger partial charge < -0.3 is 25.7 Å². The van der Waals surface area contributed by atoms with E-state index in [0.717, 1.165) is 36.6 Å². The third-order valence-corrected chi connectivity index (χ3v) is 4.77. The molecule has 0 aliphatic carbocycles. The van der Waals surface area contributed by atoms with Gasteiger partial charge in [-0.3, -0.25) is 4.79 Å². The molecule has 0 aliphatic rings. The number of H-pyrrole nitrogens is 1. The number of aromatic amines is 1. The molecule has 0 bridgehead atoms. The molecule has 7 nitrogen and oxygen atoms in total. The lowest BCUT2D eigenvalue weighted by Gasteiger charge is -2.11. The summed E-state index contributed by atoms with van der Waals surface area (Å²) in [5.41, 5.74) is 3.46. The van der Waals surface area contributed by atoms with Crippen LogP contribution in [-0.2, 0) is 17.8 Å². The van der Waals surface area contributed by atoms with Crippen molar-refractivity contribution in [3.05, 3.63) is 65.9 Å². The predicted octanol–water partition coefficient (Wildman–Crippen LogP) is 2.98. The number of ether oxygens (including phenoxy) is 1. The van der Waals surface area contributed by atoms with Crippen molar-refractivity contribution in [2.75, 3.05) is 26.2 Å². The molecule has 31 heavy (non-hydrogen) atoms. The van der Waals surface area contributed by atoms with Crippen LogP contribution in [0.5, 0.6) is 5.75 Å². The Morgan fingerprint density at radius 1 is 1.03 bits per heavy atom. The first kappa shape index (κ1) is 22.2. The molecule has 0 spiro atoms. The molecule has 1 amide bonds. The number of carbonyl (C=O) groups excluding carboxylic acids is 1. The number of carbonyl (C=O) groups is 1. The minimum Gasteiger partial charge on any atom is -0.484 e. The van der Waals surface area contributed by atoms with Gasteiger partial charge in [0.2, 0.25) is 0 Å². The van der Waals surface area contributed by atoms with Crippen LogP contribution in [0, 0.1) is 0 Å². The molecular formula is C24H31N5O2. The SMILES string of the molecule is CCNC(=O)COc1cccc(CN=C(NCC)NCCc2c[nH]c3ccccc23)c1. The summed E-state index contributed by atoms with van der Waals surface area (Å²) >= 11 is 0. The fraction of sp³-hybridized carbons (Fsp3) is 0.333. The number of fused-ring (bicyclic) bond motifs is 1. The Kier molecular flexibility index (Phi) is 8.34. The van der Waals surface area contributed by atoms with E-state index in [1.807, 2.05) is 44.2 Å². The van der Waals surface area contributed by atoms with Gasteiger partial charge in [0.25, 0.3) is 5.91 Å². The Hall–Kier alpha value is -3.48. The minimum absolute atomic E-state index is 0.0125. The molecule has 3 rings (SSSR count). The van der Waals surface area contributed by atoms with Crippen LogP contribution in [0.1, 0.15) is 25.0 Å². The molecule has 3 aromatic rings. The third kappa shape index (κ3) is 6.77. The molecule has 0 saturated carbocycles. The number of aromatic nitrogens is 1.